The summed E-state index contributed by atoms with van der Waals surface area (Å²) < 4.78 is 0. The molecule has 6 heavy (non-hydrogen) atoms. The van der Waals surface area contributed by atoms with Crippen molar-refractivity contribution in [3.63, 3.8) is 0 Å². The molecule has 0 atom stereocenters. The minimum atomic E-state index is -0.500. The normalized spacial score (nSPS) is 2.00. The Morgan fingerprint density at radius 2 is 1.50 bits per heavy atom. The summed E-state index contributed by atoms with van der Waals surface area (Å²) in [5.41, 5.74) is 0. The fourth-order valence-corrected chi connectivity index (χ4v) is 0. The van der Waals surface area contributed by atoms with Crippen LogP contribution in [-0.4, -0.2) is 6.47 Å². The molecular formula is CHBrKNaO2. The van der Waals surface area contributed by atoms with Gasteiger partial charge in [-0.25, -0.2) is 0 Å². The van der Waals surface area contributed by atoms with Gasteiger partial charge in [0.05, 0.1) is 0 Å². The van der Waals surface area contributed by atoms with Crippen molar-refractivity contribution >= 4 is 6.47 Å². The topological polar surface area (TPSA) is 40.1 Å². The van der Waals surface area contributed by atoms with Crippen LogP contribution in [0.15, 0.2) is 0 Å². The molecule has 2 nitrogen and oxygen atoms in total. The fourth-order valence-electron chi connectivity index (χ4n) is 0. The van der Waals surface area contributed by atoms with Crippen LogP contribution in [0.25, 0.3) is 0 Å². The standard InChI is InChI=1S/CH2O2.BrH.K.Na/c2-1-3;;;/h1H,(H,2,3);1H;;/q;;2*+1/p-2. The number of carbonyl (C=O) groups excluding carboxylic acids is 1. The van der Waals surface area contributed by atoms with Gasteiger partial charge in [0, 0.05) is 6.47 Å². The molecule has 0 aliphatic heterocycles. The first kappa shape index (κ1) is 23.5. The van der Waals surface area contributed by atoms with Crippen molar-refractivity contribution < 1.29 is 108 Å². The smallest absolute Gasteiger partial charge is 1.00 e. The van der Waals surface area contributed by atoms with E-state index in [1.54, 1.807) is 0 Å². The van der Waals surface area contributed by atoms with Gasteiger partial charge in [-0.1, -0.05) is 0 Å². The Morgan fingerprint density at radius 3 is 1.50 bits per heavy atom. The second-order valence-corrected chi connectivity index (χ2v) is 0.0962. The summed E-state index contributed by atoms with van der Waals surface area (Å²) in [6, 6.07) is 0. The average Bonchev–Trinajstić information content (AvgIpc) is 0.918. The summed E-state index contributed by atoms with van der Waals surface area (Å²) in [4.78, 5) is 8.25. The van der Waals surface area contributed by atoms with Gasteiger partial charge in [-0.2, -0.15) is 0 Å². The van der Waals surface area contributed by atoms with E-state index in [4.69, 9.17) is 9.90 Å². The van der Waals surface area contributed by atoms with Gasteiger partial charge < -0.3 is 26.9 Å². The second-order valence-electron chi connectivity index (χ2n) is 0.0962. The predicted molar refractivity (Wildman–Crippen MR) is 6.06 cm³/mol. The Morgan fingerprint density at radius 1 is 1.50 bits per heavy atom. The van der Waals surface area contributed by atoms with Crippen LogP contribution in [-0.2, 0) is 4.79 Å². The SMILES string of the molecule is O=C[O-].[Br-].[K+].[Na+]. The molecule has 0 heterocycles. The van der Waals surface area contributed by atoms with E-state index in [1.165, 1.54) is 0 Å². The van der Waals surface area contributed by atoms with Gasteiger partial charge >= 0.3 is 80.9 Å². The number of hydrogen-bond acceptors (Lipinski definition) is 2. The van der Waals surface area contributed by atoms with Crippen molar-refractivity contribution in [3.8, 4) is 0 Å². The zero-order chi connectivity index (χ0) is 2.71. The van der Waals surface area contributed by atoms with Gasteiger partial charge in [0.1, 0.15) is 0 Å². The maximum Gasteiger partial charge on any atom is 1.00 e. The largest absolute Gasteiger partial charge is 1.00 e. The average molecular weight is 187 g/mol. The Labute approximate surface area is 112 Å². The third-order valence-corrected chi connectivity index (χ3v) is 0. The first-order chi connectivity index (χ1) is 1.41. The van der Waals surface area contributed by atoms with Gasteiger partial charge in [-0.15, -0.1) is 0 Å². The third-order valence-electron chi connectivity index (χ3n) is 0. The molecule has 0 N–H and O–H groups in total. The van der Waals surface area contributed by atoms with E-state index in [0.717, 1.165) is 0 Å². The van der Waals surface area contributed by atoms with E-state index in [2.05, 4.69) is 0 Å². The van der Waals surface area contributed by atoms with Crippen molar-refractivity contribution in [3.05, 3.63) is 0 Å². The molecule has 0 fully saturated rings. The molecule has 0 aromatic rings. The van der Waals surface area contributed by atoms with Crippen LogP contribution < -0.4 is 103 Å². The molecule has 0 amide bonds. The summed E-state index contributed by atoms with van der Waals surface area (Å²) in [5, 5.41) is 8.25. The second kappa shape index (κ2) is 25.6. The van der Waals surface area contributed by atoms with Gasteiger partial charge in [0.25, 0.3) is 0 Å². The minimum Gasteiger partial charge on any atom is -1.00 e. The molecule has 0 bridgehead atoms. The molecule has 0 aromatic heterocycles. The molecule has 26 valence electrons. The Bertz CT molecular complexity index is 21.0. The van der Waals surface area contributed by atoms with Crippen molar-refractivity contribution in [2.24, 2.45) is 0 Å². The first-order valence-electron chi connectivity index (χ1n) is 0.471. The summed E-state index contributed by atoms with van der Waals surface area (Å²) >= 11 is 0. The molecule has 0 saturated heterocycles. The number of carbonyl (C=O) groups is 1. The zero-order valence-corrected chi connectivity index (χ0v) is 10.5. The molecule has 0 radical (unpaired) electrons. The molecule has 0 aliphatic rings. The van der Waals surface area contributed by atoms with Crippen molar-refractivity contribution in [1.82, 2.24) is 0 Å². The fraction of sp³-hybridized carbons (Fsp3) is 0. The van der Waals surface area contributed by atoms with Crippen LogP contribution in [0.3, 0.4) is 0 Å². The van der Waals surface area contributed by atoms with E-state index in [9.17, 15) is 0 Å². The van der Waals surface area contributed by atoms with Crippen LogP contribution >= 0.6 is 0 Å². The van der Waals surface area contributed by atoms with E-state index in [1.807, 2.05) is 0 Å². The Balaban J connectivity index is -0.00000000667. The van der Waals surface area contributed by atoms with Gasteiger partial charge in [0.2, 0.25) is 0 Å². The Kier molecular flexibility index (Phi) is 100. The molecular weight excluding hydrogens is 186 g/mol. The number of carboxylic acid groups (broad SMARTS) is 1. The molecule has 0 aromatic carbocycles. The van der Waals surface area contributed by atoms with Crippen LogP contribution in [0, 0.1) is 0 Å². The summed E-state index contributed by atoms with van der Waals surface area (Å²) in [5.74, 6) is 0. The molecule has 0 spiro atoms. The minimum absolute atomic E-state index is 0. The van der Waals surface area contributed by atoms with Gasteiger partial charge in [0.15, 0.2) is 0 Å². The molecule has 0 rings (SSSR count). The van der Waals surface area contributed by atoms with E-state index in [-0.39, 0.29) is 97.9 Å². The number of hydrogen-bond donors (Lipinski definition) is 0. The van der Waals surface area contributed by atoms with E-state index < -0.39 is 6.47 Å². The molecule has 0 saturated carbocycles. The maximum atomic E-state index is 8.25. The van der Waals surface area contributed by atoms with E-state index >= 15 is 0 Å². The summed E-state index contributed by atoms with van der Waals surface area (Å²) in [6.45, 7) is -0.500. The van der Waals surface area contributed by atoms with Crippen LogP contribution in [0.1, 0.15) is 0 Å². The van der Waals surface area contributed by atoms with Crippen LogP contribution in [0.4, 0.5) is 0 Å². The van der Waals surface area contributed by atoms with Crippen LogP contribution in [0.2, 0.25) is 0 Å². The quantitative estimate of drug-likeness (QED) is 0.279. The summed E-state index contributed by atoms with van der Waals surface area (Å²) in [7, 11) is 0. The monoisotopic (exact) mass is 186 g/mol. The zero-order valence-electron chi connectivity index (χ0n) is 3.77. The molecule has 5 heteroatoms. The number of halogens is 1. The van der Waals surface area contributed by atoms with Crippen molar-refractivity contribution in [2.45, 2.75) is 0 Å². The van der Waals surface area contributed by atoms with Gasteiger partial charge in [-0.05, 0) is 0 Å². The van der Waals surface area contributed by atoms with Crippen molar-refractivity contribution in [1.29, 1.82) is 0 Å². The third kappa shape index (κ3) is 30.7. The Hall–Kier alpha value is 2.59. The van der Waals surface area contributed by atoms with Crippen molar-refractivity contribution in [2.75, 3.05) is 0 Å². The van der Waals surface area contributed by atoms with Gasteiger partial charge in [-0.3, -0.25) is 0 Å². The number of rotatable bonds is 0. The maximum absolute atomic E-state index is 8.25. The van der Waals surface area contributed by atoms with E-state index in [0.29, 0.717) is 0 Å². The first-order valence-corrected chi connectivity index (χ1v) is 0.471. The van der Waals surface area contributed by atoms with Crippen LogP contribution in [0.5, 0.6) is 0 Å². The summed E-state index contributed by atoms with van der Waals surface area (Å²) in [6.07, 6.45) is 0. The molecule has 0 unspecified atom stereocenters. The predicted octanol–water partition coefficient (Wildman–Crippen LogP) is -10.6. The molecule has 0 aliphatic carbocycles.